The molecule has 1 aliphatic carbocycles. The van der Waals surface area contributed by atoms with Gasteiger partial charge in [0.25, 0.3) is 5.91 Å². The number of anilines is 1. The van der Waals surface area contributed by atoms with Crippen molar-refractivity contribution in [2.75, 3.05) is 5.32 Å². The van der Waals surface area contributed by atoms with E-state index >= 15 is 0 Å². The van der Waals surface area contributed by atoms with E-state index in [4.69, 9.17) is 4.74 Å². The number of hydrogen-bond donors (Lipinski definition) is 2. The zero-order chi connectivity index (χ0) is 18.7. The molecule has 7 nitrogen and oxygen atoms in total. The Morgan fingerprint density at radius 1 is 1.27 bits per heavy atom. The Morgan fingerprint density at radius 2 is 2.00 bits per heavy atom. The van der Waals surface area contributed by atoms with Gasteiger partial charge in [0.2, 0.25) is 0 Å². The Bertz CT molecular complexity index is 807. The number of nitrogens with one attached hydrogen (secondary N) is 1. The fourth-order valence-electron chi connectivity index (χ4n) is 3.14. The maximum atomic E-state index is 12.6. The number of ether oxygens (including phenoxy) is 1. The molecule has 1 saturated carbocycles. The third-order valence-corrected chi connectivity index (χ3v) is 4.38. The number of aromatic carboxylic acids is 1. The van der Waals surface area contributed by atoms with Crippen LogP contribution in [0.2, 0.25) is 0 Å². The lowest BCUT2D eigenvalue weighted by Gasteiger charge is -2.15. The topological polar surface area (TPSA) is 93.5 Å². The van der Waals surface area contributed by atoms with E-state index in [0.717, 1.165) is 12.8 Å². The highest BCUT2D eigenvalue weighted by atomic mass is 16.5. The van der Waals surface area contributed by atoms with Gasteiger partial charge in [-0.3, -0.25) is 9.48 Å². The molecule has 2 aromatic rings. The molecule has 0 unspecified atom stereocenters. The number of carboxylic acid groups (broad SMARTS) is 1. The molecule has 26 heavy (non-hydrogen) atoms. The summed E-state index contributed by atoms with van der Waals surface area (Å²) in [5.41, 5.74) is 0.694. The van der Waals surface area contributed by atoms with Crippen molar-refractivity contribution in [3.8, 4) is 5.75 Å². The molecule has 1 aliphatic rings. The standard InChI is InChI=1S/C19H23N3O4/c1-12(2)26-17-8-7-13(19(24)25)11-16(17)20-18(23)15-9-10-22(21-15)14-5-3-4-6-14/h7-12,14H,3-6H2,1-2H3,(H,20,23)(H,24,25). The Hall–Kier alpha value is -2.83. The number of nitrogens with zero attached hydrogens (tertiary/aromatic N) is 2. The van der Waals surface area contributed by atoms with Crippen molar-refractivity contribution in [2.24, 2.45) is 0 Å². The second-order valence-corrected chi connectivity index (χ2v) is 6.76. The predicted octanol–water partition coefficient (Wildman–Crippen LogP) is 3.74. The average Bonchev–Trinajstić information content (AvgIpc) is 3.27. The Balaban J connectivity index is 1.81. The van der Waals surface area contributed by atoms with Gasteiger partial charge in [-0.05, 0) is 51.0 Å². The summed E-state index contributed by atoms with van der Waals surface area (Å²) in [4.78, 5) is 23.8. The highest BCUT2D eigenvalue weighted by Gasteiger charge is 2.20. The van der Waals surface area contributed by atoms with Crippen LogP contribution in [0.15, 0.2) is 30.5 Å². The first-order valence-corrected chi connectivity index (χ1v) is 8.84. The van der Waals surface area contributed by atoms with Crippen molar-refractivity contribution in [3.05, 3.63) is 41.7 Å². The fraction of sp³-hybridized carbons (Fsp3) is 0.421. The van der Waals surface area contributed by atoms with Crippen LogP contribution in [0.4, 0.5) is 5.69 Å². The van der Waals surface area contributed by atoms with Gasteiger partial charge in [0.05, 0.1) is 23.4 Å². The molecule has 138 valence electrons. The zero-order valence-electron chi connectivity index (χ0n) is 14.9. The van der Waals surface area contributed by atoms with E-state index in [2.05, 4.69) is 10.4 Å². The van der Waals surface area contributed by atoms with E-state index in [1.807, 2.05) is 24.7 Å². The lowest BCUT2D eigenvalue weighted by molar-refractivity contribution is 0.0696. The SMILES string of the molecule is CC(C)Oc1ccc(C(=O)O)cc1NC(=O)c1ccn(C2CCCC2)n1. The maximum Gasteiger partial charge on any atom is 0.335 e. The van der Waals surface area contributed by atoms with Crippen molar-refractivity contribution in [3.63, 3.8) is 0 Å². The summed E-state index contributed by atoms with van der Waals surface area (Å²) in [5, 5.41) is 16.3. The molecule has 1 fully saturated rings. The zero-order valence-corrected chi connectivity index (χ0v) is 14.9. The molecule has 0 saturated heterocycles. The Labute approximate surface area is 152 Å². The summed E-state index contributed by atoms with van der Waals surface area (Å²) in [5.74, 6) is -1.03. The minimum absolute atomic E-state index is 0.0768. The van der Waals surface area contributed by atoms with Crippen LogP contribution in [0.25, 0.3) is 0 Å². The van der Waals surface area contributed by atoms with E-state index in [1.165, 1.54) is 25.0 Å². The summed E-state index contributed by atoms with van der Waals surface area (Å²) < 4.78 is 7.52. The van der Waals surface area contributed by atoms with Crippen molar-refractivity contribution in [1.82, 2.24) is 9.78 Å². The van der Waals surface area contributed by atoms with Crippen molar-refractivity contribution < 1.29 is 19.4 Å². The molecule has 0 spiro atoms. The van der Waals surface area contributed by atoms with E-state index in [9.17, 15) is 14.7 Å². The first-order chi connectivity index (χ1) is 12.4. The van der Waals surface area contributed by atoms with Crippen LogP contribution < -0.4 is 10.1 Å². The van der Waals surface area contributed by atoms with Crippen LogP contribution in [0.1, 0.15) is 66.4 Å². The van der Waals surface area contributed by atoms with Crippen LogP contribution in [-0.2, 0) is 0 Å². The average molecular weight is 357 g/mol. The summed E-state index contributed by atoms with van der Waals surface area (Å²) in [6.45, 7) is 3.72. The number of amides is 1. The van der Waals surface area contributed by atoms with Gasteiger partial charge in [-0.25, -0.2) is 4.79 Å². The predicted molar refractivity (Wildman–Crippen MR) is 96.9 cm³/mol. The third kappa shape index (κ3) is 4.04. The summed E-state index contributed by atoms with van der Waals surface area (Å²) in [7, 11) is 0. The maximum absolute atomic E-state index is 12.6. The van der Waals surface area contributed by atoms with Crippen LogP contribution in [0.5, 0.6) is 5.75 Å². The molecular formula is C19H23N3O4. The Kier molecular flexibility index (Phi) is 5.25. The third-order valence-electron chi connectivity index (χ3n) is 4.38. The molecule has 1 heterocycles. The molecule has 1 aromatic carbocycles. The summed E-state index contributed by atoms with van der Waals surface area (Å²) in [6, 6.07) is 6.43. The summed E-state index contributed by atoms with van der Waals surface area (Å²) >= 11 is 0. The number of hydrogen-bond acceptors (Lipinski definition) is 4. The van der Waals surface area contributed by atoms with Crippen LogP contribution >= 0.6 is 0 Å². The molecule has 0 bridgehead atoms. The number of rotatable bonds is 6. The van der Waals surface area contributed by atoms with Crippen molar-refractivity contribution in [1.29, 1.82) is 0 Å². The second kappa shape index (κ2) is 7.59. The van der Waals surface area contributed by atoms with E-state index in [0.29, 0.717) is 23.2 Å². The largest absolute Gasteiger partial charge is 0.489 e. The number of carbonyl (C=O) groups is 2. The van der Waals surface area contributed by atoms with Gasteiger partial charge in [0, 0.05) is 6.20 Å². The smallest absolute Gasteiger partial charge is 0.335 e. The normalized spacial score (nSPS) is 14.6. The van der Waals surface area contributed by atoms with Gasteiger partial charge in [-0.1, -0.05) is 12.8 Å². The van der Waals surface area contributed by atoms with Gasteiger partial charge in [-0.2, -0.15) is 5.10 Å². The van der Waals surface area contributed by atoms with Gasteiger partial charge < -0.3 is 15.2 Å². The first-order valence-electron chi connectivity index (χ1n) is 8.84. The minimum Gasteiger partial charge on any atom is -0.489 e. The molecule has 2 N–H and O–H groups in total. The molecule has 1 amide bonds. The minimum atomic E-state index is -1.07. The lowest BCUT2D eigenvalue weighted by Crippen LogP contribution is -2.16. The number of carboxylic acids is 1. The van der Waals surface area contributed by atoms with Crippen LogP contribution in [0.3, 0.4) is 0 Å². The second-order valence-electron chi connectivity index (χ2n) is 6.76. The van der Waals surface area contributed by atoms with E-state index < -0.39 is 11.9 Å². The molecule has 0 atom stereocenters. The van der Waals surface area contributed by atoms with Crippen LogP contribution in [0, 0.1) is 0 Å². The number of aromatic nitrogens is 2. The molecular weight excluding hydrogens is 334 g/mol. The van der Waals surface area contributed by atoms with Crippen molar-refractivity contribution >= 4 is 17.6 Å². The van der Waals surface area contributed by atoms with Crippen molar-refractivity contribution in [2.45, 2.75) is 51.7 Å². The van der Waals surface area contributed by atoms with Gasteiger partial charge >= 0.3 is 5.97 Å². The highest BCUT2D eigenvalue weighted by Crippen LogP contribution is 2.30. The van der Waals surface area contributed by atoms with Gasteiger partial charge in [0.1, 0.15) is 5.75 Å². The number of carbonyl (C=O) groups excluding carboxylic acids is 1. The molecule has 0 radical (unpaired) electrons. The quantitative estimate of drug-likeness (QED) is 0.821. The highest BCUT2D eigenvalue weighted by molar-refractivity contribution is 6.04. The molecule has 7 heteroatoms. The Morgan fingerprint density at radius 3 is 2.65 bits per heavy atom. The first kappa shape index (κ1) is 18.0. The monoisotopic (exact) mass is 357 g/mol. The molecule has 3 rings (SSSR count). The number of benzene rings is 1. The fourth-order valence-corrected chi connectivity index (χ4v) is 3.14. The molecule has 0 aliphatic heterocycles. The van der Waals surface area contributed by atoms with Gasteiger partial charge in [-0.15, -0.1) is 0 Å². The molecule has 1 aromatic heterocycles. The van der Waals surface area contributed by atoms with E-state index in [1.54, 1.807) is 12.1 Å². The summed E-state index contributed by atoms with van der Waals surface area (Å²) in [6.07, 6.45) is 6.24. The van der Waals surface area contributed by atoms with E-state index in [-0.39, 0.29) is 11.7 Å². The van der Waals surface area contributed by atoms with Gasteiger partial charge in [0.15, 0.2) is 5.69 Å². The lowest BCUT2D eigenvalue weighted by atomic mass is 10.2. The van der Waals surface area contributed by atoms with Crippen LogP contribution in [-0.4, -0.2) is 32.9 Å².